The third-order valence-electron chi connectivity index (χ3n) is 5.88. The minimum atomic E-state index is 0.00252. The van der Waals surface area contributed by atoms with Gasteiger partial charge in [0.25, 0.3) is 5.56 Å². The van der Waals surface area contributed by atoms with Crippen molar-refractivity contribution in [3.63, 3.8) is 0 Å². The lowest BCUT2D eigenvalue weighted by molar-refractivity contribution is 0.616. The minimum Gasteiger partial charge on any atom is -0.315 e. The van der Waals surface area contributed by atoms with Gasteiger partial charge in [-0.3, -0.25) is 4.79 Å². The van der Waals surface area contributed by atoms with E-state index in [0.29, 0.717) is 11.9 Å². The predicted octanol–water partition coefficient (Wildman–Crippen LogP) is 4.91. The quantitative estimate of drug-likeness (QED) is 0.470. The number of rotatable bonds is 4. The second-order valence-electron chi connectivity index (χ2n) is 7.79. The van der Waals surface area contributed by atoms with Crippen molar-refractivity contribution in [3.05, 3.63) is 76.5 Å². The highest BCUT2D eigenvalue weighted by Crippen LogP contribution is 2.28. The number of benzene rings is 1. The van der Waals surface area contributed by atoms with E-state index in [4.69, 9.17) is 5.10 Å². The van der Waals surface area contributed by atoms with E-state index in [1.807, 2.05) is 41.9 Å². The number of hydrogen-bond acceptors (Lipinski definition) is 3. The SMILES string of the molecule is Cc1nn2c(ncc3c(=O)n(CCC4=CCCCC4)ccc32)c1-c1ccccc1. The van der Waals surface area contributed by atoms with Crippen molar-refractivity contribution >= 4 is 16.6 Å². The molecule has 3 aromatic heterocycles. The van der Waals surface area contributed by atoms with Crippen LogP contribution >= 0.6 is 0 Å². The molecule has 1 aliphatic carbocycles. The van der Waals surface area contributed by atoms with Gasteiger partial charge in [-0.1, -0.05) is 42.0 Å². The van der Waals surface area contributed by atoms with Crippen LogP contribution in [0.15, 0.2) is 65.2 Å². The molecule has 146 valence electrons. The summed E-state index contributed by atoms with van der Waals surface area (Å²) < 4.78 is 3.61. The van der Waals surface area contributed by atoms with Crippen molar-refractivity contribution in [2.45, 2.75) is 45.6 Å². The normalized spacial score (nSPS) is 14.4. The Hall–Kier alpha value is -3.21. The molecule has 0 bridgehead atoms. The van der Waals surface area contributed by atoms with E-state index in [9.17, 15) is 4.79 Å². The topological polar surface area (TPSA) is 52.2 Å². The number of pyridine rings is 1. The Morgan fingerprint density at radius 2 is 1.97 bits per heavy atom. The largest absolute Gasteiger partial charge is 0.315 e. The Balaban J connectivity index is 1.57. The van der Waals surface area contributed by atoms with E-state index in [1.54, 1.807) is 10.8 Å². The lowest BCUT2D eigenvalue weighted by Crippen LogP contribution is -2.21. The molecule has 1 aliphatic rings. The fourth-order valence-electron chi connectivity index (χ4n) is 4.33. The molecule has 0 radical (unpaired) electrons. The van der Waals surface area contributed by atoms with Gasteiger partial charge < -0.3 is 4.57 Å². The van der Waals surface area contributed by atoms with Gasteiger partial charge >= 0.3 is 0 Å². The summed E-state index contributed by atoms with van der Waals surface area (Å²) in [7, 11) is 0. The Kier molecular flexibility index (Phi) is 4.51. The molecule has 0 saturated carbocycles. The van der Waals surface area contributed by atoms with Crippen molar-refractivity contribution in [1.29, 1.82) is 0 Å². The molecule has 4 aromatic rings. The van der Waals surface area contributed by atoms with Crippen LogP contribution in [0.3, 0.4) is 0 Å². The number of hydrogen-bond donors (Lipinski definition) is 0. The van der Waals surface area contributed by atoms with Crippen LogP contribution in [0.4, 0.5) is 0 Å². The van der Waals surface area contributed by atoms with Crippen LogP contribution < -0.4 is 5.56 Å². The van der Waals surface area contributed by atoms with Crippen molar-refractivity contribution in [2.75, 3.05) is 0 Å². The molecular weight excluding hydrogens is 360 g/mol. The molecule has 29 heavy (non-hydrogen) atoms. The van der Waals surface area contributed by atoms with Crippen LogP contribution in [-0.4, -0.2) is 19.2 Å². The van der Waals surface area contributed by atoms with Crippen LogP contribution in [0.5, 0.6) is 0 Å². The van der Waals surface area contributed by atoms with Gasteiger partial charge in [-0.2, -0.15) is 5.10 Å². The minimum absolute atomic E-state index is 0.00252. The number of allylic oxidation sites excluding steroid dienone is 2. The summed E-state index contributed by atoms with van der Waals surface area (Å²) in [6, 6.07) is 12.1. The predicted molar refractivity (Wildman–Crippen MR) is 116 cm³/mol. The summed E-state index contributed by atoms with van der Waals surface area (Å²) in [6.45, 7) is 2.70. The first-order valence-electron chi connectivity index (χ1n) is 10.3. The lowest BCUT2D eigenvalue weighted by atomic mass is 9.97. The van der Waals surface area contributed by atoms with Gasteiger partial charge in [-0.05, 0) is 50.7 Å². The third-order valence-corrected chi connectivity index (χ3v) is 5.88. The molecule has 0 spiro atoms. The van der Waals surface area contributed by atoms with Crippen LogP contribution in [0.2, 0.25) is 0 Å². The van der Waals surface area contributed by atoms with Crippen molar-refractivity contribution < 1.29 is 0 Å². The summed E-state index contributed by atoms with van der Waals surface area (Å²) in [5.41, 5.74) is 6.07. The lowest BCUT2D eigenvalue weighted by Gasteiger charge is -2.13. The maximum absolute atomic E-state index is 13.1. The zero-order chi connectivity index (χ0) is 19.8. The molecule has 0 aliphatic heterocycles. The first kappa shape index (κ1) is 17.9. The van der Waals surface area contributed by atoms with Crippen LogP contribution in [0, 0.1) is 6.92 Å². The molecule has 0 saturated heterocycles. The summed E-state index contributed by atoms with van der Waals surface area (Å²) in [5.74, 6) is 0. The average Bonchev–Trinajstić information content (AvgIpc) is 3.11. The van der Waals surface area contributed by atoms with E-state index >= 15 is 0 Å². The first-order chi connectivity index (χ1) is 14.2. The summed E-state index contributed by atoms with van der Waals surface area (Å²) >= 11 is 0. The molecule has 1 aromatic carbocycles. The van der Waals surface area contributed by atoms with Gasteiger partial charge in [-0.25, -0.2) is 9.50 Å². The highest BCUT2D eigenvalue weighted by molar-refractivity contribution is 5.86. The van der Waals surface area contributed by atoms with E-state index in [2.05, 4.69) is 23.2 Å². The fourth-order valence-corrected chi connectivity index (χ4v) is 4.33. The molecule has 5 heteroatoms. The maximum Gasteiger partial charge on any atom is 0.261 e. The van der Waals surface area contributed by atoms with Crippen LogP contribution in [0.1, 0.15) is 37.8 Å². The highest BCUT2D eigenvalue weighted by Gasteiger charge is 2.16. The van der Waals surface area contributed by atoms with Gasteiger partial charge in [0.1, 0.15) is 0 Å². The number of nitrogens with zero attached hydrogens (tertiary/aromatic N) is 4. The molecule has 0 unspecified atom stereocenters. The summed E-state index contributed by atoms with van der Waals surface area (Å²) in [4.78, 5) is 17.7. The Bertz CT molecular complexity index is 1280. The van der Waals surface area contributed by atoms with E-state index < -0.39 is 0 Å². The van der Waals surface area contributed by atoms with E-state index in [0.717, 1.165) is 34.4 Å². The maximum atomic E-state index is 13.1. The molecule has 0 amide bonds. The molecule has 5 rings (SSSR count). The van der Waals surface area contributed by atoms with Crippen molar-refractivity contribution in [1.82, 2.24) is 19.2 Å². The molecule has 3 heterocycles. The molecule has 0 N–H and O–H groups in total. The Morgan fingerprint density at radius 1 is 1.10 bits per heavy atom. The van der Waals surface area contributed by atoms with E-state index in [-0.39, 0.29) is 5.56 Å². The van der Waals surface area contributed by atoms with E-state index in [1.165, 1.54) is 31.3 Å². The second kappa shape index (κ2) is 7.32. The summed E-state index contributed by atoms with van der Waals surface area (Å²) in [5, 5.41) is 5.32. The zero-order valence-electron chi connectivity index (χ0n) is 16.6. The zero-order valence-corrected chi connectivity index (χ0v) is 16.6. The monoisotopic (exact) mass is 384 g/mol. The van der Waals surface area contributed by atoms with Gasteiger partial charge in [0.2, 0.25) is 0 Å². The number of fused-ring (bicyclic) bond motifs is 3. The van der Waals surface area contributed by atoms with Gasteiger partial charge in [0.05, 0.1) is 16.6 Å². The Morgan fingerprint density at radius 3 is 2.76 bits per heavy atom. The third kappa shape index (κ3) is 3.16. The number of aromatic nitrogens is 4. The molecule has 0 fully saturated rings. The molecular formula is C24H24N4O. The smallest absolute Gasteiger partial charge is 0.261 e. The fraction of sp³-hybridized carbons (Fsp3) is 0.292. The van der Waals surface area contributed by atoms with Crippen LogP contribution in [-0.2, 0) is 6.54 Å². The standard InChI is InChI=1S/C24H24N4O/c1-17-22(19-10-6-3-7-11-19)23-25-16-20-21(28(23)26-17)13-15-27(24(20)29)14-12-18-8-4-2-5-9-18/h3,6-8,10-11,13,15-16H,2,4-5,9,12,14H2,1H3. The van der Waals surface area contributed by atoms with Gasteiger partial charge in [0.15, 0.2) is 5.65 Å². The molecule has 5 nitrogen and oxygen atoms in total. The average molecular weight is 384 g/mol. The number of aryl methyl sites for hydroxylation is 2. The summed E-state index contributed by atoms with van der Waals surface area (Å²) in [6.07, 6.45) is 11.8. The molecule has 0 atom stereocenters. The van der Waals surface area contributed by atoms with Crippen molar-refractivity contribution in [2.24, 2.45) is 0 Å². The van der Waals surface area contributed by atoms with Crippen LogP contribution in [0.25, 0.3) is 27.7 Å². The van der Waals surface area contributed by atoms with Crippen molar-refractivity contribution in [3.8, 4) is 11.1 Å². The van der Waals surface area contributed by atoms with Gasteiger partial charge in [-0.15, -0.1) is 0 Å². The first-order valence-corrected chi connectivity index (χ1v) is 10.3. The Labute approximate surface area is 169 Å². The van der Waals surface area contributed by atoms with Gasteiger partial charge in [0, 0.05) is 24.5 Å². The highest BCUT2D eigenvalue weighted by atomic mass is 16.1. The second-order valence-corrected chi connectivity index (χ2v) is 7.79.